The zero-order valence-corrected chi connectivity index (χ0v) is 23.1. The number of carbonyl (C=O) groups is 1. The normalized spacial score (nSPS) is 18.7. The van der Waals surface area contributed by atoms with Gasteiger partial charge in [0.15, 0.2) is 0 Å². The van der Waals surface area contributed by atoms with Crippen molar-refractivity contribution in [3.05, 3.63) is 100 Å². The number of aliphatic hydroxyl groups is 1. The number of nitrogens with zero attached hydrogens (tertiary/aromatic N) is 2. The number of fused-ring (bicyclic) bond motifs is 4. The molecule has 0 bridgehead atoms. The number of benzene rings is 3. The minimum absolute atomic E-state index is 0.0636. The fourth-order valence-electron chi connectivity index (χ4n) is 6.74. The first kappa shape index (κ1) is 26.5. The number of hydrogen-bond acceptors (Lipinski definition) is 4. The molecule has 1 amide bonds. The lowest BCUT2D eigenvalue weighted by Crippen LogP contribution is -2.54. The molecule has 7 heteroatoms. The number of rotatable bonds is 6. The Labute approximate surface area is 234 Å². The second-order valence-electron chi connectivity index (χ2n) is 11.1. The van der Waals surface area contributed by atoms with Crippen LogP contribution in [0.2, 0.25) is 0 Å². The molecule has 0 radical (unpaired) electrons. The minimum Gasteiger partial charge on any atom is -0.497 e. The largest absolute Gasteiger partial charge is 0.497 e. The number of likely N-dealkylation sites (tertiary alicyclic amines) is 1. The van der Waals surface area contributed by atoms with Crippen molar-refractivity contribution >= 4 is 16.8 Å². The number of piperidine rings is 1. The van der Waals surface area contributed by atoms with E-state index in [2.05, 4.69) is 22.9 Å². The van der Waals surface area contributed by atoms with Gasteiger partial charge in [-0.2, -0.15) is 0 Å². The SMILES string of the molecule is CCc1ccc(C(=O)N2CCC3(CC2)CN(Cc2ccccc2F)C(CO)c2[nH]c4cc(OC)ccc4c23)cc1. The van der Waals surface area contributed by atoms with Crippen molar-refractivity contribution in [2.75, 3.05) is 33.4 Å². The van der Waals surface area contributed by atoms with Gasteiger partial charge in [0.1, 0.15) is 11.6 Å². The predicted octanol–water partition coefficient (Wildman–Crippen LogP) is 5.60. The van der Waals surface area contributed by atoms with Gasteiger partial charge in [0, 0.05) is 65.4 Å². The summed E-state index contributed by atoms with van der Waals surface area (Å²) in [6.45, 7) is 4.36. The van der Waals surface area contributed by atoms with Crippen LogP contribution in [-0.2, 0) is 18.4 Å². The van der Waals surface area contributed by atoms with E-state index in [1.807, 2.05) is 53.4 Å². The van der Waals surface area contributed by atoms with E-state index in [0.717, 1.165) is 47.2 Å². The average Bonchev–Trinajstić information content (AvgIpc) is 3.38. The van der Waals surface area contributed by atoms with Gasteiger partial charge in [-0.05, 0) is 60.7 Å². The third kappa shape index (κ3) is 4.57. The molecule has 6 rings (SSSR count). The molecule has 1 saturated heterocycles. The Morgan fingerprint density at radius 1 is 1.10 bits per heavy atom. The third-order valence-corrected chi connectivity index (χ3v) is 8.97. The molecule has 40 heavy (non-hydrogen) atoms. The van der Waals surface area contributed by atoms with Gasteiger partial charge in [-0.25, -0.2) is 4.39 Å². The van der Waals surface area contributed by atoms with E-state index in [0.29, 0.717) is 31.7 Å². The molecule has 0 saturated carbocycles. The lowest BCUT2D eigenvalue weighted by atomic mass is 9.68. The molecule has 2 aliphatic heterocycles. The van der Waals surface area contributed by atoms with Crippen LogP contribution in [0.1, 0.15) is 58.5 Å². The van der Waals surface area contributed by atoms with Crippen LogP contribution >= 0.6 is 0 Å². The van der Waals surface area contributed by atoms with E-state index in [9.17, 15) is 14.3 Å². The fourth-order valence-corrected chi connectivity index (χ4v) is 6.74. The van der Waals surface area contributed by atoms with Crippen LogP contribution in [0.15, 0.2) is 66.7 Å². The van der Waals surface area contributed by atoms with E-state index in [1.165, 1.54) is 17.2 Å². The van der Waals surface area contributed by atoms with Crippen LogP contribution in [0.4, 0.5) is 4.39 Å². The van der Waals surface area contributed by atoms with Crippen LogP contribution in [0.3, 0.4) is 0 Å². The van der Waals surface area contributed by atoms with Crippen molar-refractivity contribution in [3.63, 3.8) is 0 Å². The fraction of sp³-hybridized carbons (Fsp3) is 0.364. The highest BCUT2D eigenvalue weighted by atomic mass is 19.1. The second kappa shape index (κ2) is 10.7. The molecule has 1 spiro atoms. The number of H-pyrrole nitrogens is 1. The van der Waals surface area contributed by atoms with E-state index >= 15 is 0 Å². The number of ether oxygens (including phenoxy) is 1. The average molecular weight is 542 g/mol. The van der Waals surface area contributed by atoms with Gasteiger partial charge in [0.05, 0.1) is 19.8 Å². The van der Waals surface area contributed by atoms with Crippen LogP contribution < -0.4 is 4.74 Å². The Bertz CT molecular complexity index is 1520. The summed E-state index contributed by atoms with van der Waals surface area (Å²) in [6, 6.07) is 20.5. The number of aliphatic hydroxyl groups excluding tert-OH is 1. The number of amides is 1. The zero-order chi connectivity index (χ0) is 27.9. The maximum Gasteiger partial charge on any atom is 0.253 e. The number of methoxy groups -OCH3 is 1. The Hall–Kier alpha value is -3.68. The number of carbonyl (C=O) groups excluding carboxylic acids is 1. The molecule has 0 aliphatic carbocycles. The maximum absolute atomic E-state index is 14.7. The van der Waals surface area contributed by atoms with Crippen molar-refractivity contribution in [1.82, 2.24) is 14.8 Å². The molecule has 1 fully saturated rings. The van der Waals surface area contributed by atoms with Gasteiger partial charge in [0.2, 0.25) is 0 Å². The Morgan fingerprint density at radius 3 is 2.52 bits per heavy atom. The van der Waals surface area contributed by atoms with Gasteiger partial charge in [0.25, 0.3) is 5.91 Å². The van der Waals surface area contributed by atoms with Gasteiger partial charge in [-0.3, -0.25) is 9.69 Å². The molecule has 208 valence electrons. The monoisotopic (exact) mass is 541 g/mol. The minimum atomic E-state index is -0.296. The van der Waals surface area contributed by atoms with Crippen LogP contribution in [-0.4, -0.2) is 59.1 Å². The summed E-state index contributed by atoms with van der Waals surface area (Å²) in [5.41, 5.74) is 5.45. The van der Waals surface area contributed by atoms with E-state index in [4.69, 9.17) is 4.74 Å². The topological polar surface area (TPSA) is 68.8 Å². The van der Waals surface area contributed by atoms with Crippen molar-refractivity contribution in [2.24, 2.45) is 0 Å². The highest BCUT2D eigenvalue weighted by Gasteiger charge is 2.48. The number of aryl methyl sites for hydroxylation is 1. The van der Waals surface area contributed by atoms with Gasteiger partial charge < -0.3 is 19.7 Å². The first-order chi connectivity index (χ1) is 19.5. The summed E-state index contributed by atoms with van der Waals surface area (Å²) >= 11 is 0. The summed E-state index contributed by atoms with van der Waals surface area (Å²) in [4.78, 5) is 21.2. The predicted molar refractivity (Wildman–Crippen MR) is 154 cm³/mol. The molecule has 6 nitrogen and oxygen atoms in total. The number of nitrogens with one attached hydrogen (secondary N) is 1. The Balaban J connectivity index is 1.36. The molecular weight excluding hydrogens is 505 g/mol. The first-order valence-electron chi connectivity index (χ1n) is 14.1. The molecule has 2 aliphatic rings. The Morgan fingerprint density at radius 2 is 1.85 bits per heavy atom. The lowest BCUT2D eigenvalue weighted by Gasteiger charge is -2.50. The van der Waals surface area contributed by atoms with E-state index in [-0.39, 0.29) is 29.8 Å². The summed E-state index contributed by atoms with van der Waals surface area (Å²) < 4.78 is 20.2. The highest BCUT2D eigenvalue weighted by Crippen LogP contribution is 2.49. The molecule has 4 aromatic rings. The summed E-state index contributed by atoms with van der Waals surface area (Å²) in [7, 11) is 1.65. The summed E-state index contributed by atoms with van der Waals surface area (Å²) in [5, 5.41) is 11.7. The first-order valence-corrected chi connectivity index (χ1v) is 14.1. The molecule has 1 unspecified atom stereocenters. The third-order valence-electron chi connectivity index (χ3n) is 8.97. The van der Waals surface area contributed by atoms with Gasteiger partial charge in [-0.1, -0.05) is 37.3 Å². The quantitative estimate of drug-likeness (QED) is 0.333. The van der Waals surface area contributed by atoms with Crippen molar-refractivity contribution in [1.29, 1.82) is 0 Å². The standard InChI is InChI=1S/C33H36FN3O3/c1-3-22-8-10-23(11-9-22)32(39)36-16-14-33(15-17-36)21-37(19-24-6-4-5-7-27(24)34)29(20-38)31-30(33)26-13-12-25(40-2)18-28(26)35-31/h4-13,18,29,35,38H,3,14-17,19-21H2,1-2H3. The van der Waals surface area contributed by atoms with Crippen molar-refractivity contribution < 1.29 is 19.0 Å². The number of hydrogen-bond donors (Lipinski definition) is 2. The van der Waals surface area contributed by atoms with Crippen LogP contribution in [0, 0.1) is 5.82 Å². The summed E-state index contributed by atoms with van der Waals surface area (Å²) in [6.07, 6.45) is 2.51. The van der Waals surface area contributed by atoms with Crippen LogP contribution in [0.25, 0.3) is 10.9 Å². The van der Waals surface area contributed by atoms with Gasteiger partial charge >= 0.3 is 0 Å². The summed E-state index contributed by atoms with van der Waals surface area (Å²) in [5.74, 6) is 0.585. The smallest absolute Gasteiger partial charge is 0.253 e. The molecule has 1 aromatic heterocycles. The van der Waals surface area contributed by atoms with Crippen molar-refractivity contribution in [2.45, 2.75) is 44.2 Å². The molecule has 3 heterocycles. The maximum atomic E-state index is 14.7. The number of halogens is 1. The number of aromatic nitrogens is 1. The van der Waals surface area contributed by atoms with Crippen molar-refractivity contribution in [3.8, 4) is 5.75 Å². The second-order valence-corrected chi connectivity index (χ2v) is 11.1. The van der Waals surface area contributed by atoms with E-state index < -0.39 is 0 Å². The molecule has 2 N–H and O–H groups in total. The highest BCUT2D eigenvalue weighted by molar-refractivity contribution is 5.94. The molecule has 3 aromatic carbocycles. The Kier molecular flexibility index (Phi) is 7.11. The van der Waals surface area contributed by atoms with Gasteiger partial charge in [-0.15, -0.1) is 0 Å². The molecule has 1 atom stereocenters. The van der Waals surface area contributed by atoms with E-state index in [1.54, 1.807) is 13.2 Å². The van der Waals surface area contributed by atoms with Crippen LogP contribution in [0.5, 0.6) is 5.75 Å². The molecular formula is C33H36FN3O3. The number of aromatic amines is 1. The zero-order valence-electron chi connectivity index (χ0n) is 23.1. The lowest BCUT2D eigenvalue weighted by molar-refractivity contribution is 0.0382.